The molecule has 0 aromatic carbocycles. The largest absolute Gasteiger partial charge is 0.503 e. The van der Waals surface area contributed by atoms with Gasteiger partial charge >= 0.3 is 0 Å². The molecule has 1 aliphatic rings. The molecule has 0 radical (unpaired) electrons. The van der Waals surface area contributed by atoms with Gasteiger partial charge in [0.2, 0.25) is 5.78 Å². The fourth-order valence-electron chi connectivity index (χ4n) is 2.85. The molecule has 0 bridgehead atoms. The van der Waals surface area contributed by atoms with Crippen molar-refractivity contribution in [1.82, 2.24) is 4.98 Å². The van der Waals surface area contributed by atoms with Crippen LogP contribution in [0.2, 0.25) is 0 Å². The lowest BCUT2D eigenvalue weighted by atomic mass is 10.0. The summed E-state index contributed by atoms with van der Waals surface area (Å²) in [6.07, 6.45) is 1.47. The quantitative estimate of drug-likeness (QED) is 0.680. The van der Waals surface area contributed by atoms with Crippen molar-refractivity contribution in [3.8, 4) is 0 Å². The molecule has 1 unspecified atom stereocenters. The fraction of sp³-hybridized carbons (Fsp3) is 0.167. The predicted molar refractivity (Wildman–Crippen MR) is 98.8 cm³/mol. The number of aliphatic hydroxyl groups excluding tert-OH is 1. The number of hydrogen-bond donors (Lipinski definition) is 1. The van der Waals surface area contributed by atoms with Crippen molar-refractivity contribution in [3.63, 3.8) is 0 Å². The Labute approximate surface area is 157 Å². The molecular weight excluding hydrogens is 372 g/mol. The highest BCUT2D eigenvalue weighted by Crippen LogP contribution is 2.43. The average Bonchev–Trinajstić information content (AvgIpc) is 3.38. The van der Waals surface area contributed by atoms with Gasteiger partial charge in [0.15, 0.2) is 10.9 Å². The van der Waals surface area contributed by atoms with Crippen molar-refractivity contribution in [2.45, 2.75) is 19.9 Å². The number of thiazole rings is 1. The van der Waals surface area contributed by atoms with Crippen LogP contribution >= 0.6 is 22.7 Å². The van der Waals surface area contributed by atoms with Crippen LogP contribution in [-0.4, -0.2) is 21.8 Å². The minimum atomic E-state index is -0.850. The summed E-state index contributed by atoms with van der Waals surface area (Å²) in [5.41, 5.74) is 0.812. The maximum absolute atomic E-state index is 13.0. The lowest BCUT2D eigenvalue weighted by Gasteiger charge is -2.22. The van der Waals surface area contributed by atoms with E-state index < -0.39 is 17.7 Å². The highest BCUT2D eigenvalue weighted by atomic mass is 32.1. The van der Waals surface area contributed by atoms with Crippen molar-refractivity contribution in [2.75, 3.05) is 4.90 Å². The third-order valence-electron chi connectivity index (χ3n) is 4.23. The Hall–Kier alpha value is -2.71. The molecule has 26 heavy (non-hydrogen) atoms. The first kappa shape index (κ1) is 16.7. The zero-order valence-corrected chi connectivity index (χ0v) is 15.6. The first-order chi connectivity index (χ1) is 12.5. The molecule has 1 aliphatic heterocycles. The zero-order valence-electron chi connectivity index (χ0n) is 13.9. The second-order valence-corrected chi connectivity index (χ2v) is 7.93. The molecule has 0 aliphatic carbocycles. The number of aryl methyl sites for hydroxylation is 2. The topological polar surface area (TPSA) is 83.6 Å². The van der Waals surface area contributed by atoms with Gasteiger partial charge in [0.05, 0.1) is 22.4 Å². The number of rotatable bonds is 4. The third kappa shape index (κ3) is 2.49. The number of carbonyl (C=O) groups excluding carboxylic acids is 2. The number of aromatic nitrogens is 1. The lowest BCUT2D eigenvalue weighted by molar-refractivity contribution is -0.117. The van der Waals surface area contributed by atoms with Crippen LogP contribution < -0.4 is 4.90 Å². The second-order valence-electron chi connectivity index (χ2n) is 5.80. The van der Waals surface area contributed by atoms with Gasteiger partial charge in [0.25, 0.3) is 5.91 Å². The highest BCUT2D eigenvalue weighted by molar-refractivity contribution is 7.16. The van der Waals surface area contributed by atoms with Gasteiger partial charge in [0, 0.05) is 4.88 Å². The number of hydrogen-bond acceptors (Lipinski definition) is 7. The molecule has 1 N–H and O–H groups in total. The first-order valence-corrected chi connectivity index (χ1v) is 9.51. The van der Waals surface area contributed by atoms with Crippen LogP contribution in [0.15, 0.2) is 51.7 Å². The smallest absolute Gasteiger partial charge is 0.296 e. The number of nitrogens with zero attached hydrogens (tertiary/aromatic N) is 2. The number of anilines is 1. The van der Waals surface area contributed by atoms with Gasteiger partial charge in [-0.2, -0.15) is 0 Å². The third-order valence-corrected chi connectivity index (χ3v) is 6.17. The van der Waals surface area contributed by atoms with Crippen LogP contribution in [0.3, 0.4) is 0 Å². The monoisotopic (exact) mass is 386 g/mol. The van der Waals surface area contributed by atoms with E-state index in [0.29, 0.717) is 15.8 Å². The Morgan fingerprint density at radius 2 is 2.12 bits per heavy atom. The van der Waals surface area contributed by atoms with Gasteiger partial charge in [-0.3, -0.25) is 14.5 Å². The minimum absolute atomic E-state index is 0.0120. The van der Waals surface area contributed by atoms with E-state index in [0.717, 1.165) is 10.6 Å². The van der Waals surface area contributed by atoms with E-state index in [1.165, 1.54) is 33.8 Å². The molecule has 3 aromatic rings. The number of thiophene rings is 1. The zero-order chi connectivity index (χ0) is 18.4. The Bertz CT molecular complexity index is 996. The summed E-state index contributed by atoms with van der Waals surface area (Å²) >= 11 is 2.59. The number of amides is 1. The van der Waals surface area contributed by atoms with E-state index >= 15 is 0 Å². The maximum atomic E-state index is 13.0. The standard InChI is InChI=1S/C18H14N2O4S2/c1-9-10(2)26-18(19-9)20-14(11-5-3-7-24-11)13(16(22)17(20)23)15(21)12-6-4-8-25-12/h3-8,14,22H,1-2H3. The summed E-state index contributed by atoms with van der Waals surface area (Å²) in [6, 6.07) is 5.92. The van der Waals surface area contributed by atoms with Crippen molar-refractivity contribution in [2.24, 2.45) is 0 Å². The summed E-state index contributed by atoms with van der Waals surface area (Å²) in [5.74, 6) is -1.21. The van der Waals surface area contributed by atoms with E-state index in [1.807, 2.05) is 13.8 Å². The highest BCUT2D eigenvalue weighted by Gasteiger charge is 2.47. The number of aliphatic hydroxyl groups is 1. The predicted octanol–water partition coefficient (Wildman–Crippen LogP) is 4.20. The van der Waals surface area contributed by atoms with Crippen molar-refractivity contribution in [3.05, 3.63) is 68.4 Å². The van der Waals surface area contributed by atoms with E-state index in [-0.39, 0.29) is 11.4 Å². The van der Waals surface area contributed by atoms with Crippen molar-refractivity contribution >= 4 is 39.5 Å². The van der Waals surface area contributed by atoms with Crippen molar-refractivity contribution < 1.29 is 19.1 Å². The molecule has 132 valence electrons. The molecular formula is C18H14N2O4S2. The van der Waals surface area contributed by atoms with Gasteiger partial charge in [-0.05, 0) is 37.4 Å². The molecule has 0 spiro atoms. The van der Waals surface area contributed by atoms with Crippen LogP contribution in [0, 0.1) is 13.8 Å². The van der Waals surface area contributed by atoms with Crippen LogP contribution in [0.1, 0.15) is 32.0 Å². The maximum Gasteiger partial charge on any atom is 0.296 e. The summed E-state index contributed by atoms with van der Waals surface area (Å²) in [6.45, 7) is 3.76. The normalized spacial score (nSPS) is 17.4. The van der Waals surface area contributed by atoms with Gasteiger partial charge in [-0.25, -0.2) is 4.98 Å². The summed E-state index contributed by atoms with van der Waals surface area (Å²) in [5, 5.41) is 12.7. The summed E-state index contributed by atoms with van der Waals surface area (Å²) in [4.78, 5) is 33.0. The summed E-state index contributed by atoms with van der Waals surface area (Å²) < 4.78 is 5.49. The molecule has 0 fully saturated rings. The molecule has 0 saturated heterocycles. The molecule has 8 heteroatoms. The molecule has 0 saturated carbocycles. The lowest BCUT2D eigenvalue weighted by Crippen LogP contribution is -2.30. The fourth-order valence-corrected chi connectivity index (χ4v) is 4.46. The molecule has 4 rings (SSSR count). The molecule has 6 nitrogen and oxygen atoms in total. The number of Topliss-reactive ketones (excluding diaryl/α,β-unsaturated/α-hetero) is 1. The number of ketones is 1. The molecule has 3 aromatic heterocycles. The van der Waals surface area contributed by atoms with Gasteiger partial charge in [-0.1, -0.05) is 6.07 Å². The first-order valence-electron chi connectivity index (χ1n) is 7.81. The van der Waals surface area contributed by atoms with Crippen molar-refractivity contribution in [1.29, 1.82) is 0 Å². The van der Waals surface area contributed by atoms with E-state index in [2.05, 4.69) is 4.98 Å². The molecule has 1 atom stereocenters. The van der Waals surface area contributed by atoms with Crippen LogP contribution in [0.25, 0.3) is 0 Å². The Morgan fingerprint density at radius 1 is 1.31 bits per heavy atom. The number of carbonyl (C=O) groups is 2. The van der Waals surface area contributed by atoms with Gasteiger partial charge < -0.3 is 9.52 Å². The summed E-state index contributed by atoms with van der Waals surface area (Å²) in [7, 11) is 0. The van der Waals surface area contributed by atoms with Crippen LogP contribution in [0.4, 0.5) is 5.13 Å². The Kier molecular flexibility index (Phi) is 4.01. The SMILES string of the molecule is Cc1nc(N2C(=O)C(O)=C(C(=O)c3cccs3)C2c2ccco2)sc1C. The molecule has 4 heterocycles. The van der Waals surface area contributed by atoms with E-state index in [4.69, 9.17) is 4.42 Å². The van der Waals surface area contributed by atoms with Gasteiger partial charge in [-0.15, -0.1) is 22.7 Å². The van der Waals surface area contributed by atoms with E-state index in [9.17, 15) is 14.7 Å². The van der Waals surface area contributed by atoms with Crippen LogP contribution in [-0.2, 0) is 4.79 Å². The Morgan fingerprint density at radius 3 is 2.69 bits per heavy atom. The Balaban J connectivity index is 1.87. The van der Waals surface area contributed by atoms with Gasteiger partial charge in [0.1, 0.15) is 11.8 Å². The van der Waals surface area contributed by atoms with E-state index in [1.54, 1.807) is 29.6 Å². The second kappa shape index (κ2) is 6.22. The minimum Gasteiger partial charge on any atom is -0.503 e. The number of furan rings is 1. The average molecular weight is 386 g/mol. The molecule has 1 amide bonds. The van der Waals surface area contributed by atoms with Crippen LogP contribution in [0.5, 0.6) is 0 Å².